The minimum Gasteiger partial charge on any atom is -0.477 e. The van der Waals surface area contributed by atoms with E-state index >= 15 is 0 Å². The molecule has 2 heterocycles. The third-order valence-corrected chi connectivity index (χ3v) is 3.30. The van der Waals surface area contributed by atoms with Gasteiger partial charge in [-0.25, -0.2) is 19.7 Å². The Morgan fingerprint density at radius 3 is 2.74 bits per heavy atom. The zero-order valence-corrected chi connectivity index (χ0v) is 11.1. The van der Waals surface area contributed by atoms with E-state index in [0.29, 0.717) is 10.1 Å². The summed E-state index contributed by atoms with van der Waals surface area (Å²) in [5.74, 6) is -1.07. The molecule has 2 N–H and O–H groups in total. The number of rotatable bonds is 4. The summed E-state index contributed by atoms with van der Waals surface area (Å²) in [5.41, 5.74) is -0.291. The van der Waals surface area contributed by atoms with Crippen LogP contribution in [0.25, 0.3) is 0 Å². The summed E-state index contributed by atoms with van der Waals surface area (Å²) in [6, 6.07) is 3.03. The second-order valence-electron chi connectivity index (χ2n) is 4.06. The molecule has 0 amide bonds. The first-order valence-corrected chi connectivity index (χ1v) is 6.35. The summed E-state index contributed by atoms with van der Waals surface area (Å²) >= 11 is 1.25. The van der Waals surface area contributed by atoms with Gasteiger partial charge in [-0.2, -0.15) is 0 Å². The largest absolute Gasteiger partial charge is 0.477 e. The fraction of sp³-hybridized carbons (Fsp3) is 0.273. The van der Waals surface area contributed by atoms with E-state index in [1.807, 2.05) is 13.8 Å². The van der Waals surface area contributed by atoms with Crippen LogP contribution >= 0.6 is 11.8 Å². The standard InChI is InChI=1S/C11H12N4O3S/c1-6(2)15-10(18)13-14-11(15)19-7-3-4-8(9(16)17)12-5-7/h3-6H,1-2H3,(H,13,18)(H,16,17). The molecule has 0 fully saturated rings. The topological polar surface area (TPSA) is 101 Å². The number of nitrogens with zero attached hydrogens (tertiary/aromatic N) is 3. The van der Waals surface area contributed by atoms with Crippen molar-refractivity contribution in [3.8, 4) is 0 Å². The maximum absolute atomic E-state index is 11.6. The molecule has 0 unspecified atom stereocenters. The first-order chi connectivity index (χ1) is 8.99. The predicted molar refractivity (Wildman–Crippen MR) is 68.6 cm³/mol. The summed E-state index contributed by atoms with van der Waals surface area (Å²) in [6.07, 6.45) is 1.44. The lowest BCUT2D eigenvalue weighted by Crippen LogP contribution is -2.19. The van der Waals surface area contributed by atoms with Crippen LogP contribution in [0.1, 0.15) is 30.4 Å². The molecule has 2 aromatic rings. The molecular weight excluding hydrogens is 268 g/mol. The van der Waals surface area contributed by atoms with Crippen LogP contribution in [-0.4, -0.2) is 30.8 Å². The second kappa shape index (κ2) is 5.27. The molecule has 19 heavy (non-hydrogen) atoms. The molecule has 8 heteroatoms. The summed E-state index contributed by atoms with van der Waals surface area (Å²) in [5, 5.41) is 15.6. The van der Waals surface area contributed by atoms with E-state index in [1.165, 1.54) is 28.6 Å². The van der Waals surface area contributed by atoms with Crippen molar-refractivity contribution in [1.82, 2.24) is 19.7 Å². The van der Waals surface area contributed by atoms with E-state index in [1.54, 1.807) is 6.07 Å². The van der Waals surface area contributed by atoms with E-state index < -0.39 is 5.97 Å². The number of pyridine rings is 1. The van der Waals surface area contributed by atoms with Gasteiger partial charge >= 0.3 is 11.7 Å². The van der Waals surface area contributed by atoms with Crippen molar-refractivity contribution in [3.63, 3.8) is 0 Å². The van der Waals surface area contributed by atoms with Gasteiger partial charge in [0.25, 0.3) is 0 Å². The number of aromatic amines is 1. The number of carboxylic acid groups (broad SMARTS) is 1. The molecule has 0 spiro atoms. The fourth-order valence-corrected chi connectivity index (χ4v) is 2.43. The minimum atomic E-state index is -1.07. The first kappa shape index (κ1) is 13.3. The van der Waals surface area contributed by atoms with Crippen LogP contribution in [0.3, 0.4) is 0 Å². The van der Waals surface area contributed by atoms with Gasteiger partial charge in [-0.15, -0.1) is 5.10 Å². The molecular formula is C11H12N4O3S. The van der Waals surface area contributed by atoms with E-state index in [-0.39, 0.29) is 17.4 Å². The number of H-pyrrole nitrogens is 1. The number of carbonyl (C=O) groups is 1. The smallest absolute Gasteiger partial charge is 0.354 e. The Labute approximate surface area is 112 Å². The quantitative estimate of drug-likeness (QED) is 0.877. The lowest BCUT2D eigenvalue weighted by Gasteiger charge is -2.08. The molecule has 0 aromatic carbocycles. The lowest BCUT2D eigenvalue weighted by atomic mass is 10.4. The molecule has 0 bridgehead atoms. The van der Waals surface area contributed by atoms with Crippen molar-refractivity contribution in [2.24, 2.45) is 0 Å². The SMILES string of the molecule is CC(C)n1c(Sc2ccc(C(=O)O)nc2)n[nH]c1=O. The normalized spacial score (nSPS) is 10.9. The number of hydrogen-bond donors (Lipinski definition) is 2. The Morgan fingerprint density at radius 2 is 2.21 bits per heavy atom. The number of nitrogens with one attached hydrogen (secondary N) is 1. The fourth-order valence-electron chi connectivity index (χ4n) is 1.49. The average Bonchev–Trinajstić information content (AvgIpc) is 2.71. The Kier molecular flexibility index (Phi) is 3.70. The van der Waals surface area contributed by atoms with Crippen LogP contribution < -0.4 is 5.69 Å². The molecule has 2 aromatic heterocycles. The van der Waals surface area contributed by atoms with Crippen molar-refractivity contribution < 1.29 is 9.90 Å². The van der Waals surface area contributed by atoms with Crippen molar-refractivity contribution in [2.45, 2.75) is 29.9 Å². The Morgan fingerprint density at radius 1 is 1.47 bits per heavy atom. The summed E-state index contributed by atoms with van der Waals surface area (Å²) in [7, 11) is 0. The maximum atomic E-state index is 11.6. The highest BCUT2D eigenvalue weighted by Crippen LogP contribution is 2.25. The molecule has 2 rings (SSSR count). The van der Waals surface area contributed by atoms with Gasteiger partial charge < -0.3 is 5.11 Å². The highest BCUT2D eigenvalue weighted by Gasteiger charge is 2.13. The number of carboxylic acids is 1. The average molecular weight is 280 g/mol. The summed E-state index contributed by atoms with van der Waals surface area (Å²) in [6.45, 7) is 3.76. The molecule has 100 valence electrons. The second-order valence-corrected chi connectivity index (χ2v) is 5.10. The Hall–Kier alpha value is -2.09. The zero-order valence-electron chi connectivity index (χ0n) is 10.3. The molecule has 0 atom stereocenters. The highest BCUT2D eigenvalue weighted by molar-refractivity contribution is 7.99. The van der Waals surface area contributed by atoms with Crippen molar-refractivity contribution in [2.75, 3.05) is 0 Å². The minimum absolute atomic E-state index is 0.0139. The first-order valence-electron chi connectivity index (χ1n) is 5.53. The van der Waals surface area contributed by atoms with Gasteiger partial charge in [0.15, 0.2) is 5.16 Å². The van der Waals surface area contributed by atoms with Crippen molar-refractivity contribution in [3.05, 3.63) is 34.5 Å². The van der Waals surface area contributed by atoms with E-state index in [4.69, 9.17) is 5.11 Å². The van der Waals surface area contributed by atoms with Crippen molar-refractivity contribution in [1.29, 1.82) is 0 Å². The van der Waals surface area contributed by atoms with Gasteiger partial charge in [0.05, 0.1) is 0 Å². The van der Waals surface area contributed by atoms with Gasteiger partial charge in [0, 0.05) is 17.1 Å². The van der Waals surface area contributed by atoms with Crippen LogP contribution in [0.5, 0.6) is 0 Å². The van der Waals surface area contributed by atoms with Crippen LogP contribution in [-0.2, 0) is 0 Å². The molecule has 0 saturated heterocycles. The molecule has 0 aliphatic heterocycles. The molecule has 7 nitrogen and oxygen atoms in total. The lowest BCUT2D eigenvalue weighted by molar-refractivity contribution is 0.0690. The van der Waals surface area contributed by atoms with E-state index in [2.05, 4.69) is 15.2 Å². The molecule has 0 saturated carbocycles. The molecule has 0 aliphatic carbocycles. The van der Waals surface area contributed by atoms with Gasteiger partial charge in [-0.3, -0.25) is 4.57 Å². The van der Waals surface area contributed by atoms with E-state index in [9.17, 15) is 9.59 Å². The number of hydrogen-bond acceptors (Lipinski definition) is 5. The van der Waals surface area contributed by atoms with Crippen molar-refractivity contribution >= 4 is 17.7 Å². The molecule has 0 aliphatic rings. The van der Waals surface area contributed by atoms with Gasteiger partial charge in [-0.1, -0.05) is 0 Å². The third-order valence-electron chi connectivity index (χ3n) is 2.35. The van der Waals surface area contributed by atoms with Crippen LogP contribution in [0.2, 0.25) is 0 Å². The van der Waals surface area contributed by atoms with Crippen LogP contribution in [0, 0.1) is 0 Å². The number of aromatic nitrogens is 4. The zero-order chi connectivity index (χ0) is 14.0. The maximum Gasteiger partial charge on any atom is 0.354 e. The van der Waals surface area contributed by atoms with Crippen LogP contribution in [0.4, 0.5) is 0 Å². The highest BCUT2D eigenvalue weighted by atomic mass is 32.2. The van der Waals surface area contributed by atoms with Gasteiger partial charge in [0.1, 0.15) is 5.69 Å². The monoisotopic (exact) mass is 280 g/mol. The van der Waals surface area contributed by atoms with Gasteiger partial charge in [-0.05, 0) is 37.7 Å². The summed E-state index contributed by atoms with van der Waals surface area (Å²) in [4.78, 5) is 26.8. The Bertz CT molecular complexity index is 645. The third kappa shape index (κ3) is 2.84. The van der Waals surface area contributed by atoms with Gasteiger partial charge in [0.2, 0.25) is 0 Å². The number of aromatic carboxylic acids is 1. The Balaban J connectivity index is 2.26. The predicted octanol–water partition coefficient (Wildman–Crippen LogP) is 1.40. The van der Waals surface area contributed by atoms with E-state index in [0.717, 1.165) is 0 Å². The van der Waals surface area contributed by atoms with Crippen LogP contribution in [0.15, 0.2) is 33.2 Å². The summed E-state index contributed by atoms with van der Waals surface area (Å²) < 4.78 is 1.52. The molecule has 0 radical (unpaired) electrons.